The minimum atomic E-state index is -4.34. The third-order valence-electron chi connectivity index (χ3n) is 2.54. The van der Waals surface area contributed by atoms with Gasteiger partial charge in [-0.3, -0.25) is 4.98 Å². The van der Waals surface area contributed by atoms with Gasteiger partial charge in [-0.1, -0.05) is 0 Å². The van der Waals surface area contributed by atoms with Crippen molar-refractivity contribution in [2.45, 2.75) is 19.0 Å². The highest BCUT2D eigenvalue weighted by atomic mass is 19.4. The lowest BCUT2D eigenvalue weighted by Crippen LogP contribution is -2.20. The van der Waals surface area contributed by atoms with Crippen molar-refractivity contribution >= 4 is 0 Å². The van der Waals surface area contributed by atoms with Gasteiger partial charge >= 0.3 is 6.18 Å². The van der Waals surface area contributed by atoms with Crippen LogP contribution in [0.25, 0.3) is 0 Å². The molecule has 0 aromatic carbocycles. The molecule has 1 aromatic heterocycles. The minimum Gasteiger partial charge on any atom is -0.381 e. The van der Waals surface area contributed by atoms with E-state index in [0.29, 0.717) is 26.1 Å². The predicted molar refractivity (Wildman–Crippen MR) is 51.6 cm³/mol. The van der Waals surface area contributed by atoms with Gasteiger partial charge in [-0.15, -0.1) is 0 Å². The molecule has 1 aliphatic heterocycles. The van der Waals surface area contributed by atoms with Crippen LogP contribution in [0.2, 0.25) is 0 Å². The molecule has 0 N–H and O–H groups in total. The van der Waals surface area contributed by atoms with E-state index in [9.17, 15) is 13.2 Å². The first-order chi connectivity index (χ1) is 7.59. The monoisotopic (exact) mass is 230 g/mol. The number of ether oxygens (including phenoxy) is 1. The van der Waals surface area contributed by atoms with E-state index >= 15 is 0 Å². The van der Waals surface area contributed by atoms with Crippen molar-refractivity contribution in [2.75, 3.05) is 13.2 Å². The van der Waals surface area contributed by atoms with E-state index in [1.54, 1.807) is 0 Å². The molecule has 0 saturated carbocycles. The van der Waals surface area contributed by atoms with Crippen LogP contribution < -0.4 is 0 Å². The van der Waals surface area contributed by atoms with E-state index in [4.69, 9.17) is 4.74 Å². The standard InChI is InChI=1S/C11H11F3NO/c12-11(13,14)9-2-1-5-15-10(9)8-3-6-16-7-4-8/h1-2,5H,3-4,6-7H2. The van der Waals surface area contributed by atoms with Crippen LogP contribution in [-0.4, -0.2) is 18.2 Å². The lowest BCUT2D eigenvalue weighted by molar-refractivity contribution is -0.138. The van der Waals surface area contributed by atoms with Gasteiger partial charge in [-0.05, 0) is 25.0 Å². The minimum absolute atomic E-state index is 0.0818. The summed E-state index contributed by atoms with van der Waals surface area (Å²) in [5.74, 6) is 0.735. The highest BCUT2D eigenvalue weighted by molar-refractivity contribution is 5.34. The average molecular weight is 230 g/mol. The quantitative estimate of drug-likeness (QED) is 0.740. The summed E-state index contributed by atoms with van der Waals surface area (Å²) >= 11 is 0. The van der Waals surface area contributed by atoms with Gasteiger partial charge in [0.25, 0.3) is 0 Å². The highest BCUT2D eigenvalue weighted by Gasteiger charge is 2.36. The molecule has 0 bridgehead atoms. The van der Waals surface area contributed by atoms with Crippen molar-refractivity contribution in [1.82, 2.24) is 4.98 Å². The number of aromatic nitrogens is 1. The second-order valence-electron chi connectivity index (χ2n) is 3.61. The molecule has 0 atom stereocenters. The molecule has 16 heavy (non-hydrogen) atoms. The van der Waals surface area contributed by atoms with Gasteiger partial charge in [-0.25, -0.2) is 0 Å². The maximum Gasteiger partial charge on any atom is 0.418 e. The second kappa shape index (κ2) is 4.41. The largest absolute Gasteiger partial charge is 0.418 e. The summed E-state index contributed by atoms with van der Waals surface area (Å²) in [4.78, 5) is 3.86. The molecule has 87 valence electrons. The summed E-state index contributed by atoms with van der Waals surface area (Å²) in [7, 11) is 0. The second-order valence-corrected chi connectivity index (χ2v) is 3.61. The van der Waals surface area contributed by atoms with Gasteiger partial charge < -0.3 is 4.74 Å². The Labute approximate surface area is 91.4 Å². The third-order valence-corrected chi connectivity index (χ3v) is 2.54. The van der Waals surface area contributed by atoms with Crippen LogP contribution in [0, 0.1) is 5.92 Å². The molecule has 0 aliphatic carbocycles. The van der Waals surface area contributed by atoms with Crippen LogP contribution in [0.5, 0.6) is 0 Å². The molecule has 1 radical (unpaired) electrons. The van der Waals surface area contributed by atoms with E-state index in [1.807, 2.05) is 0 Å². The van der Waals surface area contributed by atoms with Crippen LogP contribution in [0.3, 0.4) is 0 Å². The van der Waals surface area contributed by atoms with Crippen molar-refractivity contribution in [3.63, 3.8) is 0 Å². The van der Waals surface area contributed by atoms with Crippen LogP contribution in [0.4, 0.5) is 13.2 Å². The number of alkyl halides is 3. The number of hydrogen-bond acceptors (Lipinski definition) is 2. The molecule has 0 spiro atoms. The topological polar surface area (TPSA) is 22.1 Å². The first-order valence-corrected chi connectivity index (χ1v) is 5.04. The fourth-order valence-corrected chi connectivity index (χ4v) is 1.77. The lowest BCUT2D eigenvalue weighted by Gasteiger charge is -2.23. The van der Waals surface area contributed by atoms with Crippen molar-refractivity contribution in [1.29, 1.82) is 0 Å². The molecular formula is C11H11F3NO. The SMILES string of the molecule is FC(F)(F)c1cccnc1[C]1CCOCC1. The fourth-order valence-electron chi connectivity index (χ4n) is 1.77. The predicted octanol–water partition coefficient (Wildman–Crippen LogP) is 2.83. The summed E-state index contributed by atoms with van der Waals surface area (Å²) in [6, 6.07) is 2.39. The zero-order valence-electron chi connectivity index (χ0n) is 8.55. The molecule has 0 unspecified atom stereocenters. The molecule has 1 saturated heterocycles. The summed E-state index contributed by atoms with van der Waals surface area (Å²) < 4.78 is 43.3. The Kier molecular flexibility index (Phi) is 3.14. The molecule has 2 heterocycles. The molecular weight excluding hydrogens is 219 g/mol. The molecule has 1 aliphatic rings. The fraction of sp³-hybridized carbons (Fsp3) is 0.455. The Morgan fingerprint density at radius 1 is 1.19 bits per heavy atom. The first kappa shape index (κ1) is 11.4. The van der Waals surface area contributed by atoms with E-state index in [-0.39, 0.29) is 5.69 Å². The Bertz CT molecular complexity index is 358. The third kappa shape index (κ3) is 2.35. The number of hydrogen-bond donors (Lipinski definition) is 0. The highest BCUT2D eigenvalue weighted by Crippen LogP contribution is 2.36. The van der Waals surface area contributed by atoms with Gasteiger partial charge in [0.05, 0.1) is 11.3 Å². The van der Waals surface area contributed by atoms with Crippen molar-refractivity contribution in [3.05, 3.63) is 35.5 Å². The summed E-state index contributed by atoms with van der Waals surface area (Å²) in [6.07, 6.45) is -1.89. The lowest BCUT2D eigenvalue weighted by atomic mass is 9.92. The van der Waals surface area contributed by atoms with Crippen molar-refractivity contribution in [2.24, 2.45) is 0 Å². The van der Waals surface area contributed by atoms with E-state index in [0.717, 1.165) is 12.0 Å². The summed E-state index contributed by atoms with van der Waals surface area (Å²) in [6.45, 7) is 0.951. The Morgan fingerprint density at radius 2 is 1.88 bits per heavy atom. The summed E-state index contributed by atoms with van der Waals surface area (Å²) in [5, 5.41) is 0. The molecule has 5 heteroatoms. The van der Waals surface area contributed by atoms with Gasteiger partial charge in [0.15, 0.2) is 0 Å². The average Bonchev–Trinajstić information content (AvgIpc) is 2.29. The number of halogens is 3. The normalized spacial score (nSPS) is 18.7. The van der Waals surface area contributed by atoms with Crippen LogP contribution in [-0.2, 0) is 10.9 Å². The van der Waals surface area contributed by atoms with Gasteiger partial charge in [-0.2, -0.15) is 13.2 Å². The zero-order chi connectivity index (χ0) is 11.6. The van der Waals surface area contributed by atoms with E-state index in [1.165, 1.54) is 12.3 Å². The van der Waals surface area contributed by atoms with E-state index in [2.05, 4.69) is 4.98 Å². The van der Waals surface area contributed by atoms with Crippen LogP contribution >= 0.6 is 0 Å². The summed E-state index contributed by atoms with van der Waals surface area (Å²) in [5.41, 5.74) is -0.565. The van der Waals surface area contributed by atoms with Gasteiger partial charge in [0.1, 0.15) is 0 Å². The molecule has 0 amide bonds. The number of rotatable bonds is 1. The van der Waals surface area contributed by atoms with Crippen molar-refractivity contribution in [3.8, 4) is 0 Å². The zero-order valence-corrected chi connectivity index (χ0v) is 8.55. The maximum atomic E-state index is 12.7. The van der Waals surface area contributed by atoms with Gasteiger partial charge in [0, 0.05) is 25.3 Å². The molecule has 1 fully saturated rings. The Hall–Kier alpha value is -1.10. The molecule has 1 aromatic rings. The van der Waals surface area contributed by atoms with E-state index < -0.39 is 11.7 Å². The van der Waals surface area contributed by atoms with Crippen molar-refractivity contribution < 1.29 is 17.9 Å². The maximum absolute atomic E-state index is 12.7. The number of nitrogens with zero attached hydrogens (tertiary/aromatic N) is 1. The molecule has 2 rings (SSSR count). The Morgan fingerprint density at radius 3 is 2.50 bits per heavy atom. The van der Waals surface area contributed by atoms with Crippen LogP contribution in [0.15, 0.2) is 18.3 Å². The number of pyridine rings is 1. The smallest absolute Gasteiger partial charge is 0.381 e. The Balaban J connectivity index is 2.32. The molecule has 2 nitrogen and oxygen atoms in total. The first-order valence-electron chi connectivity index (χ1n) is 5.04. The van der Waals surface area contributed by atoms with Crippen LogP contribution in [0.1, 0.15) is 24.1 Å². The van der Waals surface area contributed by atoms with Gasteiger partial charge in [0.2, 0.25) is 0 Å².